The molecule has 19 heavy (non-hydrogen) atoms. The first kappa shape index (κ1) is 11.9. The molecular weight excluding hydrogens is 243 g/mol. The third-order valence-electron chi connectivity index (χ3n) is 3.33. The Hall–Kier alpha value is -2.20. The van der Waals surface area contributed by atoms with Crippen molar-refractivity contribution in [3.63, 3.8) is 0 Å². The maximum atomic E-state index is 13.2. The second kappa shape index (κ2) is 4.48. The van der Waals surface area contributed by atoms with Gasteiger partial charge in [-0.1, -0.05) is 30.3 Å². The Morgan fingerprint density at radius 1 is 1.16 bits per heavy atom. The fourth-order valence-corrected chi connectivity index (χ4v) is 2.37. The molecule has 0 saturated heterocycles. The lowest BCUT2D eigenvalue weighted by Gasteiger charge is -2.17. The van der Waals surface area contributed by atoms with Gasteiger partial charge in [-0.05, 0) is 23.8 Å². The van der Waals surface area contributed by atoms with E-state index in [2.05, 4.69) is 0 Å². The van der Waals surface area contributed by atoms with Crippen molar-refractivity contribution in [1.82, 2.24) is 0 Å². The van der Waals surface area contributed by atoms with Gasteiger partial charge in [0.1, 0.15) is 11.9 Å². The second-order valence-corrected chi connectivity index (χ2v) is 4.59. The van der Waals surface area contributed by atoms with Crippen molar-refractivity contribution in [2.75, 3.05) is 4.90 Å². The third kappa shape index (κ3) is 2.00. The summed E-state index contributed by atoms with van der Waals surface area (Å²) >= 11 is 0. The van der Waals surface area contributed by atoms with Gasteiger partial charge in [-0.15, -0.1) is 0 Å². The predicted molar refractivity (Wildman–Crippen MR) is 71.0 cm³/mol. The van der Waals surface area contributed by atoms with E-state index in [9.17, 15) is 9.18 Å². The Bertz CT molecular complexity index is 627. The van der Waals surface area contributed by atoms with Gasteiger partial charge in [-0.2, -0.15) is 0 Å². The Balaban J connectivity index is 1.98. The van der Waals surface area contributed by atoms with Gasteiger partial charge in [-0.25, -0.2) is 4.39 Å². The molecule has 2 aromatic carbocycles. The molecule has 0 fully saturated rings. The number of anilines is 1. The highest BCUT2D eigenvalue weighted by atomic mass is 19.1. The molecule has 0 saturated carbocycles. The van der Waals surface area contributed by atoms with Crippen LogP contribution in [0.2, 0.25) is 0 Å². The van der Waals surface area contributed by atoms with Crippen molar-refractivity contribution < 1.29 is 9.18 Å². The lowest BCUT2D eigenvalue weighted by Crippen LogP contribution is -2.31. The lowest BCUT2D eigenvalue weighted by molar-refractivity contribution is -0.119. The summed E-state index contributed by atoms with van der Waals surface area (Å²) in [4.78, 5) is 13.8. The van der Waals surface area contributed by atoms with Gasteiger partial charge in [-0.3, -0.25) is 4.79 Å². The Morgan fingerprint density at radius 3 is 2.63 bits per heavy atom. The van der Waals surface area contributed by atoms with Crippen LogP contribution < -0.4 is 10.6 Å². The Labute approximate surface area is 110 Å². The monoisotopic (exact) mass is 256 g/mol. The van der Waals surface area contributed by atoms with E-state index in [4.69, 9.17) is 5.73 Å². The minimum absolute atomic E-state index is 0.190. The van der Waals surface area contributed by atoms with Crippen LogP contribution in [-0.2, 0) is 11.3 Å². The molecule has 1 atom stereocenters. The lowest BCUT2D eigenvalue weighted by atomic mass is 10.1. The van der Waals surface area contributed by atoms with E-state index in [0.717, 1.165) is 5.56 Å². The van der Waals surface area contributed by atoms with E-state index in [-0.39, 0.29) is 11.7 Å². The fraction of sp³-hybridized carbons (Fsp3) is 0.133. The highest BCUT2D eigenvalue weighted by molar-refractivity contribution is 6.04. The van der Waals surface area contributed by atoms with Crippen LogP contribution in [0.15, 0.2) is 48.5 Å². The number of benzene rings is 2. The maximum absolute atomic E-state index is 13.2. The van der Waals surface area contributed by atoms with Crippen molar-refractivity contribution in [2.45, 2.75) is 12.6 Å². The summed E-state index contributed by atoms with van der Waals surface area (Å²) in [5.74, 6) is -0.562. The normalized spacial score (nSPS) is 17.7. The zero-order valence-corrected chi connectivity index (χ0v) is 10.2. The van der Waals surface area contributed by atoms with E-state index >= 15 is 0 Å². The molecule has 0 radical (unpaired) electrons. The van der Waals surface area contributed by atoms with Crippen molar-refractivity contribution >= 4 is 11.6 Å². The third-order valence-corrected chi connectivity index (χ3v) is 3.33. The largest absolute Gasteiger partial charge is 0.316 e. The minimum Gasteiger partial charge on any atom is -0.316 e. The van der Waals surface area contributed by atoms with Crippen LogP contribution in [0.4, 0.5) is 10.1 Å². The fourth-order valence-electron chi connectivity index (χ4n) is 2.37. The van der Waals surface area contributed by atoms with Crippen molar-refractivity contribution in [3.05, 3.63) is 65.5 Å². The summed E-state index contributed by atoms with van der Waals surface area (Å²) in [6.45, 7) is 0.450. The van der Waals surface area contributed by atoms with E-state index < -0.39 is 6.04 Å². The summed E-state index contributed by atoms with van der Waals surface area (Å²) in [7, 11) is 0. The predicted octanol–water partition coefficient (Wildman–Crippen LogP) is 2.37. The molecule has 3 rings (SSSR count). The van der Waals surface area contributed by atoms with Crippen molar-refractivity contribution in [1.29, 1.82) is 0 Å². The summed E-state index contributed by atoms with van der Waals surface area (Å²) in [6.07, 6.45) is 0. The molecule has 1 aliphatic heterocycles. The molecule has 0 spiro atoms. The summed E-state index contributed by atoms with van der Waals surface area (Å²) in [5, 5.41) is 0. The minimum atomic E-state index is -0.769. The van der Waals surface area contributed by atoms with Gasteiger partial charge in [0.05, 0.1) is 6.54 Å². The van der Waals surface area contributed by atoms with Crippen LogP contribution in [-0.4, -0.2) is 5.91 Å². The van der Waals surface area contributed by atoms with Crippen LogP contribution in [0, 0.1) is 5.82 Å². The van der Waals surface area contributed by atoms with Gasteiger partial charge in [0.15, 0.2) is 0 Å². The van der Waals surface area contributed by atoms with Crippen LogP contribution >= 0.6 is 0 Å². The van der Waals surface area contributed by atoms with E-state index in [1.165, 1.54) is 12.1 Å². The average molecular weight is 256 g/mol. The zero-order valence-electron chi connectivity index (χ0n) is 10.2. The number of carbonyl (C=O) groups is 1. The molecular formula is C15H13FN2O. The zero-order chi connectivity index (χ0) is 13.4. The standard InChI is InChI=1S/C15H13FN2O/c16-11-6-7-13-12(8-11)14(17)15(19)18(13)9-10-4-2-1-3-5-10/h1-8,14H,9,17H2/t14-/m1/s1. The molecule has 4 heteroatoms. The van der Waals surface area contributed by atoms with Gasteiger partial charge in [0, 0.05) is 11.3 Å². The quantitative estimate of drug-likeness (QED) is 0.896. The smallest absolute Gasteiger partial charge is 0.248 e. The molecule has 2 aromatic rings. The number of hydrogen-bond donors (Lipinski definition) is 1. The topological polar surface area (TPSA) is 46.3 Å². The average Bonchev–Trinajstić information content (AvgIpc) is 2.65. The van der Waals surface area contributed by atoms with E-state index in [0.29, 0.717) is 17.8 Å². The number of rotatable bonds is 2. The number of carbonyl (C=O) groups excluding carboxylic acids is 1. The first-order valence-electron chi connectivity index (χ1n) is 6.07. The van der Waals surface area contributed by atoms with Crippen LogP contribution in [0.25, 0.3) is 0 Å². The van der Waals surface area contributed by atoms with Gasteiger partial charge >= 0.3 is 0 Å². The summed E-state index contributed by atoms with van der Waals surface area (Å²) in [6, 6.07) is 13.2. The van der Waals surface area contributed by atoms with Gasteiger partial charge < -0.3 is 10.6 Å². The molecule has 3 nitrogen and oxygen atoms in total. The molecule has 1 heterocycles. The summed E-state index contributed by atoms with van der Waals surface area (Å²) < 4.78 is 13.2. The molecule has 0 aliphatic carbocycles. The van der Waals surface area contributed by atoms with Gasteiger partial charge in [0.2, 0.25) is 5.91 Å². The number of nitrogens with two attached hydrogens (primary N) is 1. The number of nitrogens with zero attached hydrogens (tertiary/aromatic N) is 1. The Kier molecular flexibility index (Phi) is 2.80. The molecule has 1 aliphatic rings. The van der Waals surface area contributed by atoms with E-state index in [1.54, 1.807) is 11.0 Å². The first-order chi connectivity index (χ1) is 9.16. The van der Waals surface area contributed by atoms with Crippen molar-refractivity contribution in [2.24, 2.45) is 5.73 Å². The molecule has 0 bridgehead atoms. The highest BCUT2D eigenvalue weighted by Crippen LogP contribution is 2.35. The summed E-state index contributed by atoms with van der Waals surface area (Å²) in [5.41, 5.74) is 8.11. The number of halogens is 1. The van der Waals surface area contributed by atoms with E-state index in [1.807, 2.05) is 30.3 Å². The highest BCUT2D eigenvalue weighted by Gasteiger charge is 2.34. The molecule has 96 valence electrons. The number of amides is 1. The molecule has 2 N–H and O–H groups in total. The SMILES string of the molecule is N[C@H]1C(=O)N(Cc2ccccc2)c2ccc(F)cc21. The molecule has 1 amide bonds. The molecule has 0 unspecified atom stereocenters. The second-order valence-electron chi connectivity index (χ2n) is 4.59. The number of hydrogen-bond acceptors (Lipinski definition) is 2. The first-order valence-corrected chi connectivity index (χ1v) is 6.07. The van der Waals surface area contributed by atoms with Crippen LogP contribution in [0.1, 0.15) is 17.2 Å². The Morgan fingerprint density at radius 2 is 1.89 bits per heavy atom. The van der Waals surface area contributed by atoms with Gasteiger partial charge in [0.25, 0.3) is 0 Å². The van der Waals surface area contributed by atoms with Crippen LogP contribution in [0.3, 0.4) is 0 Å². The molecule has 0 aromatic heterocycles. The van der Waals surface area contributed by atoms with Crippen LogP contribution in [0.5, 0.6) is 0 Å². The van der Waals surface area contributed by atoms with Crippen molar-refractivity contribution in [3.8, 4) is 0 Å². The maximum Gasteiger partial charge on any atom is 0.248 e. The number of fused-ring (bicyclic) bond motifs is 1.